The lowest BCUT2D eigenvalue weighted by atomic mass is 10.2. The molecule has 28 heavy (non-hydrogen) atoms. The number of furan rings is 1. The Morgan fingerprint density at radius 3 is 2.89 bits per heavy atom. The van der Waals surface area contributed by atoms with Crippen LogP contribution in [0.4, 0.5) is 0 Å². The molecule has 1 aromatic carbocycles. The number of methoxy groups -OCH3 is 1. The fourth-order valence-electron chi connectivity index (χ4n) is 3.02. The van der Waals surface area contributed by atoms with Gasteiger partial charge in [-0.2, -0.15) is 0 Å². The Kier molecular flexibility index (Phi) is 4.73. The lowest BCUT2D eigenvalue weighted by molar-refractivity contribution is -0.117. The SMILES string of the molecule is COc1ccc2cc(-c3cnc4ccc(O[C@H](C)CCC(C)=O)nn34)oc2c1. The smallest absolute Gasteiger partial charge is 0.232 e. The molecule has 0 unspecified atom stereocenters. The van der Waals surface area contributed by atoms with E-state index in [0.29, 0.717) is 30.1 Å². The molecule has 3 aromatic heterocycles. The van der Waals surface area contributed by atoms with Gasteiger partial charge in [0.15, 0.2) is 11.4 Å². The number of ether oxygens (including phenoxy) is 2. The van der Waals surface area contributed by atoms with E-state index in [-0.39, 0.29) is 11.9 Å². The summed E-state index contributed by atoms with van der Waals surface area (Å²) in [5, 5.41) is 5.51. The summed E-state index contributed by atoms with van der Waals surface area (Å²) in [6.45, 7) is 3.51. The summed E-state index contributed by atoms with van der Waals surface area (Å²) in [5.41, 5.74) is 2.15. The standard InChI is InChI=1S/C21H21N3O4/c1-13(25)4-5-14(2)27-21-9-8-20-22-12-17(24(20)23-21)19-10-15-6-7-16(26-3)11-18(15)28-19/h6-12,14H,4-5H2,1-3H3/t14-/m1/s1. The topological polar surface area (TPSA) is 78.9 Å². The quantitative estimate of drug-likeness (QED) is 0.477. The van der Waals surface area contributed by atoms with Gasteiger partial charge in [0.1, 0.15) is 22.8 Å². The minimum atomic E-state index is -0.112. The molecule has 1 atom stereocenters. The van der Waals surface area contributed by atoms with Crippen LogP contribution in [0.3, 0.4) is 0 Å². The highest BCUT2D eigenvalue weighted by atomic mass is 16.5. The fraction of sp³-hybridized carbons (Fsp3) is 0.286. The van der Waals surface area contributed by atoms with Crippen LogP contribution < -0.4 is 9.47 Å². The Hall–Kier alpha value is -3.35. The molecule has 0 spiro atoms. The molecule has 3 heterocycles. The number of aromatic nitrogens is 3. The molecule has 0 amide bonds. The molecule has 7 heteroatoms. The molecule has 144 valence electrons. The number of hydrogen-bond donors (Lipinski definition) is 0. The number of carbonyl (C=O) groups is 1. The van der Waals surface area contributed by atoms with Gasteiger partial charge < -0.3 is 18.7 Å². The minimum absolute atomic E-state index is 0.112. The lowest BCUT2D eigenvalue weighted by Crippen LogP contribution is -2.14. The zero-order valence-electron chi connectivity index (χ0n) is 16.0. The maximum absolute atomic E-state index is 11.2. The van der Waals surface area contributed by atoms with Gasteiger partial charge in [-0.25, -0.2) is 9.50 Å². The Morgan fingerprint density at radius 2 is 2.11 bits per heavy atom. The summed E-state index contributed by atoms with van der Waals surface area (Å²) >= 11 is 0. The number of hydrogen-bond acceptors (Lipinski definition) is 6. The van der Waals surface area contributed by atoms with Gasteiger partial charge in [-0.1, -0.05) is 0 Å². The number of fused-ring (bicyclic) bond motifs is 2. The van der Waals surface area contributed by atoms with Gasteiger partial charge >= 0.3 is 0 Å². The molecule has 0 aliphatic heterocycles. The van der Waals surface area contributed by atoms with Crippen molar-refractivity contribution in [3.05, 3.63) is 42.6 Å². The molecule has 0 saturated carbocycles. The number of Topliss-reactive ketones (excluding diaryl/α,β-unsaturated/α-hetero) is 1. The Bertz CT molecular complexity index is 1150. The van der Waals surface area contributed by atoms with Gasteiger partial charge in [-0.3, -0.25) is 0 Å². The molecule has 0 N–H and O–H groups in total. The summed E-state index contributed by atoms with van der Waals surface area (Å²) in [6, 6.07) is 11.3. The van der Waals surface area contributed by atoms with Crippen LogP contribution in [0.2, 0.25) is 0 Å². The maximum Gasteiger partial charge on any atom is 0.232 e. The second-order valence-electron chi connectivity index (χ2n) is 6.77. The highest BCUT2D eigenvalue weighted by Crippen LogP contribution is 2.30. The van der Waals surface area contributed by atoms with E-state index in [2.05, 4.69) is 10.1 Å². The number of rotatable bonds is 7. The van der Waals surface area contributed by atoms with E-state index >= 15 is 0 Å². The molecule has 0 bridgehead atoms. The summed E-state index contributed by atoms with van der Waals surface area (Å²) in [7, 11) is 1.62. The van der Waals surface area contributed by atoms with Crippen molar-refractivity contribution >= 4 is 22.4 Å². The van der Waals surface area contributed by atoms with E-state index in [0.717, 1.165) is 22.4 Å². The van der Waals surface area contributed by atoms with Crippen molar-refractivity contribution in [2.75, 3.05) is 7.11 Å². The predicted octanol–water partition coefficient (Wildman–Crippen LogP) is 4.29. The van der Waals surface area contributed by atoms with Gasteiger partial charge in [0.05, 0.1) is 19.4 Å². The van der Waals surface area contributed by atoms with Crippen molar-refractivity contribution in [2.24, 2.45) is 0 Å². The van der Waals surface area contributed by atoms with E-state index in [1.807, 2.05) is 37.3 Å². The normalized spacial score (nSPS) is 12.4. The largest absolute Gasteiger partial charge is 0.497 e. The van der Waals surface area contributed by atoms with Crippen LogP contribution >= 0.6 is 0 Å². The van der Waals surface area contributed by atoms with Gasteiger partial charge in [-0.15, -0.1) is 5.10 Å². The van der Waals surface area contributed by atoms with E-state index in [1.54, 1.807) is 30.8 Å². The number of nitrogens with zero attached hydrogens (tertiary/aromatic N) is 3. The first kappa shape index (κ1) is 18.0. The molecule has 0 aliphatic carbocycles. The summed E-state index contributed by atoms with van der Waals surface area (Å²) in [5.74, 6) is 2.02. The molecular formula is C21H21N3O4. The zero-order chi connectivity index (χ0) is 19.7. The average molecular weight is 379 g/mol. The highest BCUT2D eigenvalue weighted by Gasteiger charge is 2.14. The third kappa shape index (κ3) is 3.55. The second-order valence-corrected chi connectivity index (χ2v) is 6.77. The number of benzene rings is 1. The Labute approximate surface area is 161 Å². The van der Waals surface area contributed by atoms with Gasteiger partial charge in [-0.05, 0) is 44.5 Å². The predicted molar refractivity (Wildman–Crippen MR) is 105 cm³/mol. The van der Waals surface area contributed by atoms with Crippen molar-refractivity contribution < 1.29 is 18.7 Å². The fourth-order valence-corrected chi connectivity index (χ4v) is 3.02. The van der Waals surface area contributed by atoms with Crippen LogP contribution in [0.1, 0.15) is 26.7 Å². The van der Waals surface area contributed by atoms with Crippen molar-refractivity contribution in [3.8, 4) is 23.1 Å². The molecule has 7 nitrogen and oxygen atoms in total. The monoisotopic (exact) mass is 379 g/mol. The van der Waals surface area contributed by atoms with Crippen LogP contribution in [-0.2, 0) is 4.79 Å². The van der Waals surface area contributed by atoms with Crippen LogP contribution in [0.25, 0.3) is 28.1 Å². The lowest BCUT2D eigenvalue weighted by Gasteiger charge is -2.13. The van der Waals surface area contributed by atoms with E-state index in [1.165, 1.54) is 0 Å². The molecule has 0 fully saturated rings. The Morgan fingerprint density at radius 1 is 1.25 bits per heavy atom. The van der Waals surface area contributed by atoms with Gasteiger partial charge in [0.2, 0.25) is 5.88 Å². The minimum Gasteiger partial charge on any atom is -0.497 e. The van der Waals surface area contributed by atoms with Crippen LogP contribution in [0, 0.1) is 0 Å². The molecular weight excluding hydrogens is 358 g/mol. The van der Waals surface area contributed by atoms with Gasteiger partial charge in [0, 0.05) is 23.9 Å². The summed E-state index contributed by atoms with van der Waals surface area (Å²) in [6.07, 6.45) is 2.75. The first-order chi connectivity index (χ1) is 13.5. The average Bonchev–Trinajstić information content (AvgIpc) is 3.28. The molecule has 4 rings (SSSR count). The van der Waals surface area contributed by atoms with Crippen LogP contribution in [0.5, 0.6) is 11.6 Å². The third-order valence-corrected chi connectivity index (χ3v) is 4.54. The summed E-state index contributed by atoms with van der Waals surface area (Å²) in [4.78, 5) is 15.5. The van der Waals surface area contributed by atoms with Crippen LogP contribution in [-0.4, -0.2) is 33.6 Å². The summed E-state index contributed by atoms with van der Waals surface area (Å²) < 4.78 is 18.8. The number of imidazole rings is 1. The van der Waals surface area contributed by atoms with Crippen molar-refractivity contribution in [1.29, 1.82) is 0 Å². The van der Waals surface area contributed by atoms with Gasteiger partial charge in [0.25, 0.3) is 0 Å². The zero-order valence-corrected chi connectivity index (χ0v) is 16.0. The van der Waals surface area contributed by atoms with Crippen molar-refractivity contribution in [2.45, 2.75) is 32.8 Å². The number of ketones is 1. The Balaban J connectivity index is 1.65. The highest BCUT2D eigenvalue weighted by molar-refractivity contribution is 5.83. The first-order valence-corrected chi connectivity index (χ1v) is 9.12. The molecule has 4 aromatic rings. The molecule has 0 radical (unpaired) electrons. The third-order valence-electron chi connectivity index (χ3n) is 4.54. The van der Waals surface area contributed by atoms with Crippen molar-refractivity contribution in [1.82, 2.24) is 14.6 Å². The van der Waals surface area contributed by atoms with E-state index < -0.39 is 0 Å². The first-order valence-electron chi connectivity index (χ1n) is 9.12. The van der Waals surface area contributed by atoms with Crippen molar-refractivity contribution in [3.63, 3.8) is 0 Å². The number of carbonyl (C=O) groups excluding carboxylic acids is 1. The molecule has 0 saturated heterocycles. The van der Waals surface area contributed by atoms with E-state index in [4.69, 9.17) is 13.9 Å². The molecule has 0 aliphatic rings. The maximum atomic E-state index is 11.2. The second kappa shape index (κ2) is 7.34. The van der Waals surface area contributed by atoms with E-state index in [9.17, 15) is 4.79 Å². The van der Waals surface area contributed by atoms with Crippen LogP contribution in [0.15, 0.2) is 47.0 Å².